The molecule has 0 aliphatic heterocycles. The number of nitrogens with one attached hydrogen (secondary N) is 2. The normalized spacial score (nSPS) is 11.6. The Morgan fingerprint density at radius 2 is 1.55 bits per heavy atom. The number of unbranched alkanes of at least 4 members (excludes halogenated alkanes) is 6. The molecule has 29 heavy (non-hydrogen) atoms. The number of aromatic nitrogens is 1. The van der Waals surface area contributed by atoms with Gasteiger partial charge >= 0.3 is 0 Å². The molecule has 0 spiro atoms. The highest BCUT2D eigenvalue weighted by molar-refractivity contribution is 5.88. The highest BCUT2D eigenvalue weighted by Crippen LogP contribution is 2.14. The first-order valence-corrected chi connectivity index (χ1v) is 10.7. The van der Waals surface area contributed by atoms with Gasteiger partial charge in [0.15, 0.2) is 0 Å². The van der Waals surface area contributed by atoms with Gasteiger partial charge in [-0.2, -0.15) is 0 Å². The molecule has 5 nitrogen and oxygen atoms in total. The Morgan fingerprint density at radius 3 is 2.24 bits per heavy atom. The van der Waals surface area contributed by atoms with Gasteiger partial charge in [-0.1, -0.05) is 75.8 Å². The van der Waals surface area contributed by atoms with Crippen LogP contribution in [0.2, 0.25) is 0 Å². The summed E-state index contributed by atoms with van der Waals surface area (Å²) in [4.78, 5) is 29.2. The maximum atomic E-state index is 12.8. The third-order valence-corrected chi connectivity index (χ3v) is 4.92. The summed E-state index contributed by atoms with van der Waals surface area (Å²) in [7, 11) is 0. The molecule has 2 amide bonds. The maximum Gasteiger partial charge on any atom is 0.247 e. The van der Waals surface area contributed by atoms with E-state index >= 15 is 0 Å². The average molecular weight is 396 g/mol. The van der Waals surface area contributed by atoms with Crippen LogP contribution in [0.15, 0.2) is 54.9 Å². The van der Waals surface area contributed by atoms with Gasteiger partial charge in [-0.05, 0) is 29.7 Å². The van der Waals surface area contributed by atoms with E-state index < -0.39 is 6.04 Å². The summed E-state index contributed by atoms with van der Waals surface area (Å²) in [6.45, 7) is 2.61. The first kappa shape index (κ1) is 22.6. The molecule has 2 N–H and O–H groups in total. The summed E-state index contributed by atoms with van der Waals surface area (Å²) in [5.41, 5.74) is 1.75. The van der Waals surface area contributed by atoms with Crippen molar-refractivity contribution in [2.75, 3.05) is 0 Å². The minimum Gasteiger partial charge on any atom is -0.350 e. The summed E-state index contributed by atoms with van der Waals surface area (Å²) in [5.74, 6) is -0.285. The number of benzene rings is 1. The van der Waals surface area contributed by atoms with Crippen LogP contribution in [0.3, 0.4) is 0 Å². The zero-order valence-electron chi connectivity index (χ0n) is 17.4. The van der Waals surface area contributed by atoms with Gasteiger partial charge in [0, 0.05) is 25.4 Å². The van der Waals surface area contributed by atoms with E-state index in [9.17, 15) is 9.59 Å². The number of carbonyl (C=O) groups excluding carboxylic acids is 2. The van der Waals surface area contributed by atoms with Crippen LogP contribution in [-0.2, 0) is 16.1 Å². The molecule has 0 bridgehead atoms. The molecule has 0 aliphatic rings. The second-order valence-electron chi connectivity index (χ2n) is 7.36. The van der Waals surface area contributed by atoms with Crippen molar-refractivity contribution >= 4 is 11.8 Å². The number of hydrogen-bond donors (Lipinski definition) is 2. The van der Waals surface area contributed by atoms with Crippen LogP contribution in [0.25, 0.3) is 0 Å². The highest BCUT2D eigenvalue weighted by Gasteiger charge is 2.22. The van der Waals surface area contributed by atoms with Gasteiger partial charge in [-0.25, -0.2) is 0 Å². The average Bonchev–Trinajstić information content (AvgIpc) is 2.76. The van der Waals surface area contributed by atoms with E-state index in [4.69, 9.17) is 0 Å². The Hall–Kier alpha value is -2.69. The SMILES string of the molecule is CCCCCCCCCC(=O)N[C@@H](C(=O)NCc1ccncc1)c1ccccc1. The molecule has 1 aromatic carbocycles. The molecule has 0 unspecified atom stereocenters. The minimum atomic E-state index is -0.685. The van der Waals surface area contributed by atoms with Gasteiger partial charge in [-0.3, -0.25) is 14.6 Å². The summed E-state index contributed by atoms with van der Waals surface area (Å²) >= 11 is 0. The third-order valence-electron chi connectivity index (χ3n) is 4.92. The van der Waals surface area contributed by atoms with Crippen molar-refractivity contribution in [2.24, 2.45) is 0 Å². The van der Waals surface area contributed by atoms with Crippen molar-refractivity contribution in [3.05, 3.63) is 66.0 Å². The predicted molar refractivity (Wildman–Crippen MR) is 116 cm³/mol. The van der Waals surface area contributed by atoms with Crippen molar-refractivity contribution in [3.8, 4) is 0 Å². The maximum absolute atomic E-state index is 12.8. The van der Waals surface area contributed by atoms with Crippen LogP contribution >= 0.6 is 0 Å². The van der Waals surface area contributed by atoms with Crippen molar-refractivity contribution in [3.63, 3.8) is 0 Å². The quantitative estimate of drug-likeness (QED) is 0.483. The number of nitrogens with zero attached hydrogens (tertiary/aromatic N) is 1. The third kappa shape index (κ3) is 8.90. The summed E-state index contributed by atoms with van der Waals surface area (Å²) < 4.78 is 0. The second kappa shape index (κ2) is 13.5. The lowest BCUT2D eigenvalue weighted by atomic mass is 10.0. The fraction of sp³-hybridized carbons (Fsp3) is 0.458. The smallest absolute Gasteiger partial charge is 0.247 e. The summed E-state index contributed by atoms with van der Waals surface area (Å²) in [5, 5.41) is 5.83. The lowest BCUT2D eigenvalue weighted by molar-refractivity contribution is -0.129. The lowest BCUT2D eigenvalue weighted by Gasteiger charge is -2.19. The van der Waals surface area contributed by atoms with Crippen molar-refractivity contribution in [1.29, 1.82) is 0 Å². The number of pyridine rings is 1. The number of rotatable bonds is 13. The van der Waals surface area contributed by atoms with Crippen LogP contribution in [0.5, 0.6) is 0 Å². The molecule has 0 saturated heterocycles. The molecule has 0 fully saturated rings. The predicted octanol–water partition coefficient (Wildman–Crippen LogP) is 4.70. The van der Waals surface area contributed by atoms with E-state index in [0.29, 0.717) is 13.0 Å². The van der Waals surface area contributed by atoms with Crippen LogP contribution in [-0.4, -0.2) is 16.8 Å². The minimum absolute atomic E-state index is 0.0773. The monoisotopic (exact) mass is 395 g/mol. The zero-order valence-corrected chi connectivity index (χ0v) is 17.4. The van der Waals surface area contributed by atoms with Gasteiger partial charge in [-0.15, -0.1) is 0 Å². The Morgan fingerprint density at radius 1 is 0.897 bits per heavy atom. The van der Waals surface area contributed by atoms with Gasteiger partial charge < -0.3 is 10.6 Å². The number of hydrogen-bond acceptors (Lipinski definition) is 3. The fourth-order valence-corrected chi connectivity index (χ4v) is 3.21. The topological polar surface area (TPSA) is 71.1 Å². The van der Waals surface area contributed by atoms with Gasteiger partial charge in [0.25, 0.3) is 0 Å². The van der Waals surface area contributed by atoms with E-state index in [0.717, 1.165) is 24.0 Å². The molecule has 1 atom stereocenters. The standard InChI is InChI=1S/C24H33N3O2/c1-2-3-4-5-6-7-11-14-22(28)27-23(21-12-9-8-10-13-21)24(29)26-19-20-15-17-25-18-16-20/h8-10,12-13,15-18,23H,2-7,11,14,19H2,1H3,(H,26,29)(H,27,28)/t23-/m1/s1. The second-order valence-corrected chi connectivity index (χ2v) is 7.36. The first-order chi connectivity index (χ1) is 14.2. The highest BCUT2D eigenvalue weighted by atomic mass is 16.2. The molecule has 1 aromatic heterocycles. The van der Waals surface area contributed by atoms with Crippen molar-refractivity contribution in [1.82, 2.24) is 15.6 Å². The molecule has 0 saturated carbocycles. The van der Waals surface area contributed by atoms with E-state index in [1.54, 1.807) is 12.4 Å². The van der Waals surface area contributed by atoms with Gasteiger partial charge in [0.05, 0.1) is 0 Å². The molecule has 5 heteroatoms. The van der Waals surface area contributed by atoms with Crippen LogP contribution in [0, 0.1) is 0 Å². The zero-order chi connectivity index (χ0) is 20.7. The largest absolute Gasteiger partial charge is 0.350 e. The molecule has 156 valence electrons. The van der Waals surface area contributed by atoms with Gasteiger partial charge in [0.1, 0.15) is 6.04 Å². The Labute approximate surface area is 174 Å². The van der Waals surface area contributed by atoms with Crippen LogP contribution in [0.1, 0.15) is 75.5 Å². The molecular formula is C24H33N3O2. The van der Waals surface area contributed by atoms with Crippen molar-refractivity contribution < 1.29 is 9.59 Å². The van der Waals surface area contributed by atoms with E-state index in [1.807, 2.05) is 42.5 Å². The van der Waals surface area contributed by atoms with E-state index in [2.05, 4.69) is 22.5 Å². The van der Waals surface area contributed by atoms with Crippen molar-refractivity contribution in [2.45, 2.75) is 70.9 Å². The molecule has 0 aliphatic carbocycles. The molecule has 2 rings (SSSR count). The molecule has 0 radical (unpaired) electrons. The Balaban J connectivity index is 1.84. The Kier molecular flexibility index (Phi) is 10.5. The molecular weight excluding hydrogens is 362 g/mol. The molecule has 1 heterocycles. The van der Waals surface area contributed by atoms with E-state index in [1.165, 1.54) is 32.1 Å². The van der Waals surface area contributed by atoms with E-state index in [-0.39, 0.29) is 11.8 Å². The summed E-state index contributed by atoms with van der Waals surface area (Å²) in [6, 6.07) is 12.4. The Bertz CT molecular complexity index is 719. The van der Waals surface area contributed by atoms with Gasteiger partial charge in [0.2, 0.25) is 11.8 Å². The molecule has 2 aromatic rings. The summed E-state index contributed by atoms with van der Waals surface area (Å²) in [6.07, 6.45) is 12.0. The fourth-order valence-electron chi connectivity index (χ4n) is 3.21. The first-order valence-electron chi connectivity index (χ1n) is 10.7. The number of amides is 2. The lowest BCUT2D eigenvalue weighted by Crippen LogP contribution is -2.40. The van der Waals surface area contributed by atoms with Crippen LogP contribution < -0.4 is 10.6 Å². The van der Waals surface area contributed by atoms with Crippen LogP contribution in [0.4, 0.5) is 0 Å². The number of carbonyl (C=O) groups is 2.